The molecule has 0 fully saturated rings. The maximum absolute atomic E-state index is 12.7. The zero-order valence-corrected chi connectivity index (χ0v) is 19.0. The van der Waals surface area contributed by atoms with E-state index in [1.807, 2.05) is 32.9 Å². The molecule has 0 aliphatic carbocycles. The number of nitrogens with zero attached hydrogens (tertiary/aromatic N) is 2. The zero-order valence-electron chi connectivity index (χ0n) is 19.0. The first-order valence-corrected chi connectivity index (χ1v) is 10.3. The summed E-state index contributed by atoms with van der Waals surface area (Å²) >= 11 is 0. The van der Waals surface area contributed by atoms with Gasteiger partial charge in [0.15, 0.2) is 0 Å². The molecule has 2 aliphatic heterocycles. The van der Waals surface area contributed by atoms with Crippen molar-refractivity contribution in [2.24, 2.45) is 0 Å². The number of amides is 1. The molecule has 0 radical (unpaired) electrons. The zero-order chi connectivity index (χ0) is 23.5. The second-order valence-electron chi connectivity index (χ2n) is 8.36. The Hall–Kier alpha value is -3.55. The van der Waals surface area contributed by atoms with Crippen LogP contribution in [0.15, 0.2) is 53.9 Å². The number of carbonyl (C=O) groups is 3. The van der Waals surface area contributed by atoms with Crippen LogP contribution in [0.1, 0.15) is 32.8 Å². The van der Waals surface area contributed by atoms with Crippen LogP contribution in [0, 0.1) is 0 Å². The van der Waals surface area contributed by atoms with E-state index >= 15 is 0 Å². The topological polar surface area (TPSA) is 85.4 Å². The van der Waals surface area contributed by atoms with Crippen molar-refractivity contribution in [2.45, 2.75) is 39.2 Å². The average Bonchev–Trinajstić information content (AvgIpc) is 2.99. The SMILES string of the molecule is COC(=O)C1=C(C(=O)OC)N(c2ccc3c(c2)CCCN3C(=O)OC(C)(C)C)C=CC=C1. The maximum Gasteiger partial charge on any atom is 0.414 e. The lowest BCUT2D eigenvalue weighted by atomic mass is 10.0. The van der Waals surface area contributed by atoms with Gasteiger partial charge >= 0.3 is 18.0 Å². The van der Waals surface area contributed by atoms with E-state index in [0.29, 0.717) is 12.2 Å². The predicted molar refractivity (Wildman–Crippen MR) is 120 cm³/mol. The third-order valence-corrected chi connectivity index (χ3v) is 4.96. The smallest absolute Gasteiger partial charge is 0.414 e. The van der Waals surface area contributed by atoms with E-state index in [9.17, 15) is 14.4 Å². The second kappa shape index (κ2) is 9.30. The molecule has 0 saturated heterocycles. The number of methoxy groups -OCH3 is 2. The van der Waals surface area contributed by atoms with Gasteiger partial charge in [0.1, 0.15) is 11.3 Å². The summed E-state index contributed by atoms with van der Waals surface area (Å²) in [5.74, 6) is -1.32. The minimum atomic E-state index is -0.672. The van der Waals surface area contributed by atoms with Crippen LogP contribution in [0.5, 0.6) is 0 Å². The lowest BCUT2D eigenvalue weighted by Crippen LogP contribution is -2.39. The van der Waals surface area contributed by atoms with Gasteiger partial charge in [-0.25, -0.2) is 14.4 Å². The fourth-order valence-electron chi connectivity index (χ4n) is 3.61. The van der Waals surface area contributed by atoms with E-state index in [-0.39, 0.29) is 11.3 Å². The number of anilines is 2. The first-order valence-electron chi connectivity index (χ1n) is 10.3. The Morgan fingerprint density at radius 2 is 1.72 bits per heavy atom. The number of allylic oxidation sites excluding steroid dienone is 2. The Kier molecular flexibility index (Phi) is 6.72. The average molecular weight is 440 g/mol. The molecule has 32 heavy (non-hydrogen) atoms. The number of fused-ring (bicyclic) bond motifs is 1. The number of carbonyl (C=O) groups excluding carboxylic acids is 3. The highest BCUT2D eigenvalue weighted by molar-refractivity contribution is 6.05. The quantitative estimate of drug-likeness (QED) is 0.521. The van der Waals surface area contributed by atoms with Gasteiger partial charge in [0.25, 0.3) is 0 Å². The normalized spacial score (nSPS) is 15.8. The number of hydrogen-bond donors (Lipinski definition) is 0. The molecule has 8 nitrogen and oxygen atoms in total. The molecule has 0 unspecified atom stereocenters. The molecule has 0 atom stereocenters. The minimum absolute atomic E-state index is 0.0455. The highest BCUT2D eigenvalue weighted by Gasteiger charge is 2.30. The van der Waals surface area contributed by atoms with Crippen LogP contribution in [-0.2, 0) is 30.2 Å². The van der Waals surface area contributed by atoms with Crippen molar-refractivity contribution in [3.63, 3.8) is 0 Å². The fraction of sp³-hybridized carbons (Fsp3) is 0.375. The van der Waals surface area contributed by atoms with Crippen molar-refractivity contribution < 1.29 is 28.6 Å². The van der Waals surface area contributed by atoms with Crippen molar-refractivity contribution >= 4 is 29.4 Å². The molecule has 0 N–H and O–H groups in total. The summed E-state index contributed by atoms with van der Waals surface area (Å²) in [6, 6.07) is 5.51. The molecule has 1 aromatic rings. The number of ether oxygens (including phenoxy) is 3. The molecule has 1 amide bonds. The monoisotopic (exact) mass is 440 g/mol. The van der Waals surface area contributed by atoms with Crippen molar-refractivity contribution in [2.75, 3.05) is 30.6 Å². The highest BCUT2D eigenvalue weighted by atomic mass is 16.6. The summed E-state index contributed by atoms with van der Waals surface area (Å²) in [6.45, 7) is 6.06. The van der Waals surface area contributed by atoms with Crippen LogP contribution < -0.4 is 9.80 Å². The first kappa shape index (κ1) is 23.1. The Morgan fingerprint density at radius 1 is 1.00 bits per heavy atom. The van der Waals surface area contributed by atoms with Crippen LogP contribution in [0.25, 0.3) is 0 Å². The number of aryl methyl sites for hydroxylation is 1. The van der Waals surface area contributed by atoms with Crippen LogP contribution in [-0.4, -0.2) is 44.4 Å². The largest absolute Gasteiger partial charge is 0.465 e. The van der Waals surface area contributed by atoms with Gasteiger partial charge in [0, 0.05) is 18.4 Å². The van der Waals surface area contributed by atoms with E-state index in [2.05, 4.69) is 0 Å². The van der Waals surface area contributed by atoms with Crippen molar-refractivity contribution in [3.8, 4) is 0 Å². The Bertz CT molecular complexity index is 1020. The van der Waals surface area contributed by atoms with E-state index < -0.39 is 23.6 Å². The van der Waals surface area contributed by atoms with Crippen molar-refractivity contribution in [3.05, 3.63) is 59.5 Å². The number of benzene rings is 1. The predicted octanol–water partition coefficient (Wildman–Crippen LogP) is 3.86. The maximum atomic E-state index is 12.7. The molecule has 0 aromatic heterocycles. The Morgan fingerprint density at radius 3 is 2.38 bits per heavy atom. The number of esters is 2. The number of rotatable bonds is 3. The van der Waals surface area contributed by atoms with Gasteiger partial charge < -0.3 is 19.1 Å². The molecule has 2 heterocycles. The van der Waals surface area contributed by atoms with Gasteiger partial charge in [0.05, 0.1) is 25.5 Å². The summed E-state index contributed by atoms with van der Waals surface area (Å²) < 4.78 is 15.4. The fourth-order valence-corrected chi connectivity index (χ4v) is 3.61. The van der Waals surface area contributed by atoms with Crippen LogP contribution in [0.3, 0.4) is 0 Å². The Balaban J connectivity index is 2.04. The van der Waals surface area contributed by atoms with Gasteiger partial charge in [0.2, 0.25) is 0 Å². The molecular weight excluding hydrogens is 412 g/mol. The van der Waals surface area contributed by atoms with Gasteiger partial charge in [-0.2, -0.15) is 0 Å². The molecule has 8 heteroatoms. The summed E-state index contributed by atoms with van der Waals surface area (Å²) in [6.07, 6.45) is 7.70. The lowest BCUT2D eigenvalue weighted by Gasteiger charge is -2.32. The van der Waals surface area contributed by atoms with E-state index in [1.165, 1.54) is 20.3 Å². The molecule has 3 rings (SSSR count). The van der Waals surface area contributed by atoms with Gasteiger partial charge in [-0.05, 0) is 69.5 Å². The lowest BCUT2D eigenvalue weighted by molar-refractivity contribution is -0.139. The van der Waals surface area contributed by atoms with Crippen LogP contribution >= 0.6 is 0 Å². The second-order valence-corrected chi connectivity index (χ2v) is 8.36. The minimum Gasteiger partial charge on any atom is -0.465 e. The molecular formula is C24H28N2O6. The summed E-state index contributed by atoms with van der Waals surface area (Å²) in [7, 11) is 2.51. The molecule has 0 bridgehead atoms. The third kappa shape index (κ3) is 4.85. The molecule has 0 spiro atoms. The molecule has 0 saturated carbocycles. The van der Waals surface area contributed by atoms with Gasteiger partial charge in [-0.3, -0.25) is 4.90 Å². The molecule has 170 valence electrons. The number of hydrogen-bond acceptors (Lipinski definition) is 7. The standard InChI is InChI=1S/C24H28N2O6/c1-24(2,3)32-23(29)26-14-8-9-16-15-17(11-12-19(16)26)25-13-7-6-10-18(21(27)30-4)20(25)22(28)31-5/h6-7,10-13,15H,8-9,14H2,1-5H3. The van der Waals surface area contributed by atoms with Crippen molar-refractivity contribution in [1.29, 1.82) is 0 Å². The molecule has 2 aliphatic rings. The van der Waals surface area contributed by atoms with Crippen LogP contribution in [0.4, 0.5) is 16.2 Å². The van der Waals surface area contributed by atoms with E-state index in [1.54, 1.807) is 34.2 Å². The first-order chi connectivity index (χ1) is 15.2. The summed E-state index contributed by atoms with van der Waals surface area (Å²) in [5, 5.41) is 0. The summed E-state index contributed by atoms with van der Waals surface area (Å²) in [5.41, 5.74) is 1.89. The molecule has 1 aromatic carbocycles. The van der Waals surface area contributed by atoms with Gasteiger partial charge in [-0.15, -0.1) is 0 Å². The van der Waals surface area contributed by atoms with E-state index in [0.717, 1.165) is 24.1 Å². The summed E-state index contributed by atoms with van der Waals surface area (Å²) in [4.78, 5) is 40.9. The van der Waals surface area contributed by atoms with Crippen LogP contribution in [0.2, 0.25) is 0 Å². The van der Waals surface area contributed by atoms with Gasteiger partial charge in [-0.1, -0.05) is 6.08 Å². The van der Waals surface area contributed by atoms with Crippen molar-refractivity contribution in [1.82, 2.24) is 0 Å². The third-order valence-electron chi connectivity index (χ3n) is 4.96. The Labute approximate surface area is 187 Å². The highest BCUT2D eigenvalue weighted by Crippen LogP contribution is 2.34. The van der Waals surface area contributed by atoms with E-state index in [4.69, 9.17) is 14.2 Å².